The van der Waals surface area contributed by atoms with Crippen molar-refractivity contribution >= 4 is 32.9 Å². The molecule has 0 spiro atoms. The molecule has 2 bridgehead atoms. The summed E-state index contributed by atoms with van der Waals surface area (Å²) >= 11 is 3.47. The molecule has 5 rings (SSSR count). The van der Waals surface area contributed by atoms with Gasteiger partial charge in [-0.25, -0.2) is 0 Å². The normalized spacial score (nSPS) is 29.0. The lowest BCUT2D eigenvalue weighted by atomic mass is 9.34. The van der Waals surface area contributed by atoms with Gasteiger partial charge in [-0.3, -0.25) is 9.59 Å². The molecule has 3 aliphatic rings. The lowest BCUT2D eigenvalue weighted by Gasteiger charge is -2.67. The van der Waals surface area contributed by atoms with Crippen molar-refractivity contribution in [2.75, 3.05) is 0 Å². The second-order valence-corrected chi connectivity index (χ2v) is 7.76. The fourth-order valence-electron chi connectivity index (χ4n) is 4.25. The summed E-state index contributed by atoms with van der Waals surface area (Å²) in [7, 11) is 0. The van der Waals surface area contributed by atoms with Crippen molar-refractivity contribution in [2.24, 2.45) is 5.41 Å². The smallest absolute Gasteiger partial charge is 0.309 e. The van der Waals surface area contributed by atoms with E-state index >= 15 is 0 Å². The molecule has 22 heavy (non-hydrogen) atoms. The van der Waals surface area contributed by atoms with Gasteiger partial charge >= 0.3 is 5.97 Å². The van der Waals surface area contributed by atoms with Crippen molar-refractivity contribution in [2.45, 2.75) is 38.5 Å². The van der Waals surface area contributed by atoms with Crippen LogP contribution in [-0.4, -0.2) is 11.1 Å². The van der Waals surface area contributed by atoms with Crippen LogP contribution in [0.4, 0.5) is 0 Å². The van der Waals surface area contributed by atoms with E-state index < -0.39 is 11.4 Å². The molecular formula is C17H15BrO4. The van der Waals surface area contributed by atoms with Crippen LogP contribution in [0.5, 0.6) is 0 Å². The molecule has 0 atom stereocenters. The number of aryl methyl sites for hydroxylation is 1. The SMILES string of the molecule is Cc1cc(Br)c2oc(C34CC(C(=O)O)(C3)C4)c(C)c(=O)c2c1. The molecule has 3 aliphatic carbocycles. The van der Waals surface area contributed by atoms with Gasteiger partial charge in [-0.05, 0) is 66.7 Å². The second kappa shape index (κ2) is 4.02. The average Bonchev–Trinajstić information content (AvgIpc) is 2.32. The van der Waals surface area contributed by atoms with E-state index in [-0.39, 0.29) is 10.8 Å². The summed E-state index contributed by atoms with van der Waals surface area (Å²) in [5.74, 6) is -0.0513. The molecule has 2 aromatic rings. The highest BCUT2D eigenvalue weighted by Gasteiger charge is 2.74. The Bertz CT molecular complexity index is 889. The Labute approximate surface area is 135 Å². The zero-order valence-corrected chi connectivity index (χ0v) is 13.9. The molecule has 1 aromatic heterocycles. The molecule has 3 saturated carbocycles. The third-order valence-corrected chi connectivity index (χ3v) is 5.87. The Morgan fingerprint density at radius 2 is 1.91 bits per heavy atom. The molecule has 1 heterocycles. The van der Waals surface area contributed by atoms with E-state index in [2.05, 4.69) is 15.9 Å². The zero-order chi connectivity index (χ0) is 15.9. The Hall–Kier alpha value is -1.62. The first-order chi connectivity index (χ1) is 10.3. The average molecular weight is 363 g/mol. The number of rotatable bonds is 2. The number of hydrogen-bond donors (Lipinski definition) is 1. The van der Waals surface area contributed by atoms with Gasteiger partial charge in [0.15, 0.2) is 11.0 Å². The molecule has 0 saturated heterocycles. The van der Waals surface area contributed by atoms with Crippen LogP contribution in [0.1, 0.15) is 36.1 Å². The van der Waals surface area contributed by atoms with Crippen LogP contribution in [0.3, 0.4) is 0 Å². The van der Waals surface area contributed by atoms with Crippen LogP contribution < -0.4 is 5.43 Å². The molecule has 1 aromatic carbocycles. The predicted octanol–water partition coefficient (Wildman–Crippen LogP) is 3.68. The summed E-state index contributed by atoms with van der Waals surface area (Å²) in [6.45, 7) is 3.72. The van der Waals surface area contributed by atoms with Gasteiger partial charge in [0.05, 0.1) is 15.3 Å². The molecule has 0 unspecified atom stereocenters. The maximum atomic E-state index is 12.7. The van der Waals surface area contributed by atoms with Gasteiger partial charge in [0.2, 0.25) is 0 Å². The Morgan fingerprint density at radius 1 is 1.27 bits per heavy atom. The Morgan fingerprint density at radius 3 is 2.50 bits per heavy atom. The molecule has 0 amide bonds. The van der Waals surface area contributed by atoms with E-state index in [1.807, 2.05) is 19.1 Å². The fraction of sp³-hybridized carbons (Fsp3) is 0.412. The van der Waals surface area contributed by atoms with Crippen LogP contribution in [0.25, 0.3) is 11.0 Å². The first-order valence-electron chi connectivity index (χ1n) is 7.26. The number of halogens is 1. The third-order valence-electron chi connectivity index (χ3n) is 5.28. The number of carboxylic acid groups (broad SMARTS) is 1. The lowest BCUT2D eigenvalue weighted by molar-refractivity contribution is -0.198. The first kappa shape index (κ1) is 14.0. The highest BCUT2D eigenvalue weighted by Crippen LogP contribution is 2.74. The molecule has 3 fully saturated rings. The van der Waals surface area contributed by atoms with E-state index in [0.717, 1.165) is 10.0 Å². The molecular weight excluding hydrogens is 348 g/mol. The quantitative estimate of drug-likeness (QED) is 0.884. The van der Waals surface area contributed by atoms with Gasteiger partial charge in [0, 0.05) is 11.0 Å². The van der Waals surface area contributed by atoms with Crippen LogP contribution >= 0.6 is 15.9 Å². The van der Waals surface area contributed by atoms with Crippen LogP contribution in [0.2, 0.25) is 0 Å². The Balaban J connectivity index is 1.90. The molecule has 0 aliphatic heterocycles. The monoisotopic (exact) mass is 362 g/mol. The minimum atomic E-state index is -0.730. The van der Waals surface area contributed by atoms with Crippen molar-refractivity contribution in [3.05, 3.63) is 43.7 Å². The standard InChI is InChI=1S/C17H15BrO4/c1-8-3-10-12(19)9(2)14(22-13(10)11(18)4-8)16-5-17(6-16,7-16)15(20)21/h3-4H,5-7H2,1-2H3,(H,20,21). The van der Waals surface area contributed by atoms with Crippen molar-refractivity contribution < 1.29 is 14.3 Å². The fourth-order valence-corrected chi connectivity index (χ4v) is 4.90. The van der Waals surface area contributed by atoms with Crippen molar-refractivity contribution in [1.82, 2.24) is 0 Å². The van der Waals surface area contributed by atoms with E-state index in [4.69, 9.17) is 4.42 Å². The minimum absolute atomic E-state index is 0.0187. The minimum Gasteiger partial charge on any atom is -0.481 e. The molecule has 0 radical (unpaired) electrons. The van der Waals surface area contributed by atoms with Gasteiger partial charge in [0.1, 0.15) is 5.76 Å². The number of fused-ring (bicyclic) bond motifs is 1. The van der Waals surface area contributed by atoms with Gasteiger partial charge in [-0.1, -0.05) is 0 Å². The number of aliphatic carboxylic acids is 1. The van der Waals surface area contributed by atoms with Crippen molar-refractivity contribution in [3.8, 4) is 0 Å². The number of benzene rings is 1. The largest absolute Gasteiger partial charge is 0.481 e. The van der Waals surface area contributed by atoms with Gasteiger partial charge < -0.3 is 9.52 Å². The van der Waals surface area contributed by atoms with E-state index in [1.165, 1.54) is 0 Å². The summed E-state index contributed by atoms with van der Waals surface area (Å²) < 4.78 is 6.85. The highest BCUT2D eigenvalue weighted by atomic mass is 79.9. The number of hydrogen-bond acceptors (Lipinski definition) is 3. The summed E-state index contributed by atoms with van der Waals surface area (Å²) in [5, 5.41) is 9.84. The van der Waals surface area contributed by atoms with Gasteiger partial charge in [0.25, 0.3) is 0 Å². The first-order valence-corrected chi connectivity index (χ1v) is 8.05. The topological polar surface area (TPSA) is 67.5 Å². The third kappa shape index (κ3) is 1.52. The van der Waals surface area contributed by atoms with Crippen LogP contribution in [0, 0.1) is 19.3 Å². The summed E-state index contributed by atoms with van der Waals surface area (Å²) in [6, 6.07) is 3.76. The molecule has 5 heteroatoms. The van der Waals surface area contributed by atoms with E-state index in [9.17, 15) is 14.7 Å². The summed E-state index contributed by atoms with van der Waals surface area (Å²) in [4.78, 5) is 23.9. The van der Waals surface area contributed by atoms with Crippen molar-refractivity contribution in [1.29, 1.82) is 0 Å². The summed E-state index contributed by atoms with van der Waals surface area (Å²) in [5.41, 5.74) is 1.32. The molecule has 114 valence electrons. The second-order valence-electron chi connectivity index (χ2n) is 6.90. The van der Waals surface area contributed by atoms with Gasteiger partial charge in [-0.15, -0.1) is 0 Å². The van der Waals surface area contributed by atoms with Crippen molar-refractivity contribution in [3.63, 3.8) is 0 Å². The molecule has 4 nitrogen and oxygen atoms in total. The zero-order valence-electron chi connectivity index (χ0n) is 12.3. The Kier molecular flexibility index (Phi) is 2.56. The number of carbonyl (C=O) groups is 1. The van der Waals surface area contributed by atoms with Crippen LogP contribution in [-0.2, 0) is 10.2 Å². The lowest BCUT2D eigenvalue weighted by Crippen LogP contribution is -2.68. The number of carboxylic acids is 1. The van der Waals surface area contributed by atoms with E-state index in [0.29, 0.717) is 41.6 Å². The van der Waals surface area contributed by atoms with E-state index in [1.54, 1.807) is 6.92 Å². The summed E-state index contributed by atoms with van der Waals surface area (Å²) in [6.07, 6.45) is 1.73. The highest BCUT2D eigenvalue weighted by molar-refractivity contribution is 9.10. The maximum Gasteiger partial charge on any atom is 0.309 e. The molecule has 1 N–H and O–H groups in total. The van der Waals surface area contributed by atoms with Crippen LogP contribution in [0.15, 0.2) is 25.8 Å². The van der Waals surface area contributed by atoms with Gasteiger partial charge in [-0.2, -0.15) is 0 Å². The predicted molar refractivity (Wildman–Crippen MR) is 85.3 cm³/mol. The maximum absolute atomic E-state index is 12.7.